The summed E-state index contributed by atoms with van der Waals surface area (Å²) < 4.78 is 5.42. The number of fused-ring (bicyclic) bond motifs is 1. The number of rotatable bonds is 5. The first-order chi connectivity index (χ1) is 10.3. The van der Waals surface area contributed by atoms with Crippen LogP contribution in [-0.2, 0) is 13.2 Å². The molecular formula is C17H18N2O2. The van der Waals surface area contributed by atoms with E-state index in [0.717, 1.165) is 34.6 Å². The average molecular weight is 282 g/mol. The lowest BCUT2D eigenvalue weighted by molar-refractivity contribution is 0.281. The first-order valence-electron chi connectivity index (χ1n) is 7.08. The minimum absolute atomic E-state index is 0.0260. The molecule has 1 aromatic carbocycles. The molecule has 0 atom stereocenters. The SMILES string of the molecule is CCN(Cc1ccco1)c1nc2ccccc2cc1CO. The van der Waals surface area contributed by atoms with Gasteiger partial charge in [0.05, 0.1) is 24.9 Å². The first kappa shape index (κ1) is 13.6. The molecule has 4 nitrogen and oxygen atoms in total. The van der Waals surface area contributed by atoms with Gasteiger partial charge in [-0.3, -0.25) is 0 Å². The molecule has 3 rings (SSSR count). The normalized spacial score (nSPS) is 11.0. The van der Waals surface area contributed by atoms with Crippen LogP contribution in [0.3, 0.4) is 0 Å². The lowest BCUT2D eigenvalue weighted by atomic mass is 10.1. The molecule has 0 spiro atoms. The molecule has 4 heteroatoms. The molecule has 3 aromatic rings. The van der Waals surface area contributed by atoms with Crippen molar-refractivity contribution in [3.05, 3.63) is 60.1 Å². The lowest BCUT2D eigenvalue weighted by Gasteiger charge is -2.23. The van der Waals surface area contributed by atoms with E-state index in [0.29, 0.717) is 6.54 Å². The predicted octanol–water partition coefficient (Wildman–Crippen LogP) is 3.35. The number of aliphatic hydroxyl groups excluding tert-OH is 1. The summed E-state index contributed by atoms with van der Waals surface area (Å²) in [5.74, 6) is 1.70. The molecule has 0 fully saturated rings. The second kappa shape index (κ2) is 5.97. The summed E-state index contributed by atoms with van der Waals surface area (Å²) in [4.78, 5) is 6.83. The number of para-hydroxylation sites is 1. The van der Waals surface area contributed by atoms with E-state index in [1.807, 2.05) is 42.5 Å². The van der Waals surface area contributed by atoms with Crippen molar-refractivity contribution in [3.8, 4) is 0 Å². The molecule has 2 heterocycles. The van der Waals surface area contributed by atoms with Gasteiger partial charge in [0.2, 0.25) is 0 Å². The Bertz CT molecular complexity index is 723. The van der Waals surface area contributed by atoms with Gasteiger partial charge in [0, 0.05) is 17.5 Å². The lowest BCUT2D eigenvalue weighted by Crippen LogP contribution is -2.24. The fraction of sp³-hybridized carbons (Fsp3) is 0.235. The summed E-state index contributed by atoms with van der Waals surface area (Å²) in [6, 6.07) is 13.8. The van der Waals surface area contributed by atoms with Gasteiger partial charge in [-0.15, -0.1) is 0 Å². The highest BCUT2D eigenvalue weighted by Gasteiger charge is 2.14. The number of furan rings is 1. The zero-order valence-corrected chi connectivity index (χ0v) is 12.0. The van der Waals surface area contributed by atoms with Crippen molar-refractivity contribution in [2.75, 3.05) is 11.4 Å². The van der Waals surface area contributed by atoms with Crippen molar-refractivity contribution in [1.82, 2.24) is 4.98 Å². The topological polar surface area (TPSA) is 49.5 Å². The van der Waals surface area contributed by atoms with Gasteiger partial charge in [-0.2, -0.15) is 0 Å². The first-order valence-corrected chi connectivity index (χ1v) is 7.08. The highest BCUT2D eigenvalue weighted by molar-refractivity contribution is 5.81. The molecule has 0 radical (unpaired) electrons. The average Bonchev–Trinajstić information content (AvgIpc) is 3.04. The van der Waals surface area contributed by atoms with E-state index in [2.05, 4.69) is 11.8 Å². The molecule has 0 saturated carbocycles. The summed E-state index contributed by atoms with van der Waals surface area (Å²) >= 11 is 0. The number of hydrogen-bond acceptors (Lipinski definition) is 4. The number of aliphatic hydroxyl groups is 1. The van der Waals surface area contributed by atoms with Gasteiger partial charge in [-0.1, -0.05) is 18.2 Å². The van der Waals surface area contributed by atoms with Crippen molar-refractivity contribution < 1.29 is 9.52 Å². The van der Waals surface area contributed by atoms with E-state index in [1.54, 1.807) is 6.26 Å². The number of anilines is 1. The smallest absolute Gasteiger partial charge is 0.135 e. The van der Waals surface area contributed by atoms with Crippen LogP contribution in [0.4, 0.5) is 5.82 Å². The summed E-state index contributed by atoms with van der Waals surface area (Å²) in [7, 11) is 0. The quantitative estimate of drug-likeness (QED) is 0.779. The zero-order valence-electron chi connectivity index (χ0n) is 12.0. The fourth-order valence-electron chi connectivity index (χ4n) is 2.47. The van der Waals surface area contributed by atoms with Crippen LogP contribution in [0.25, 0.3) is 10.9 Å². The summed E-state index contributed by atoms with van der Waals surface area (Å²) in [5, 5.41) is 10.7. The minimum atomic E-state index is -0.0260. The summed E-state index contributed by atoms with van der Waals surface area (Å²) in [6.45, 7) is 3.48. The van der Waals surface area contributed by atoms with Gasteiger partial charge < -0.3 is 14.4 Å². The molecule has 0 bridgehead atoms. The van der Waals surface area contributed by atoms with Crippen molar-refractivity contribution in [1.29, 1.82) is 0 Å². The molecule has 1 N–H and O–H groups in total. The number of nitrogens with zero attached hydrogens (tertiary/aromatic N) is 2. The van der Waals surface area contributed by atoms with Crippen LogP contribution in [0.5, 0.6) is 0 Å². The van der Waals surface area contributed by atoms with Crippen LogP contribution in [0.2, 0.25) is 0 Å². The number of hydrogen-bond donors (Lipinski definition) is 1. The van der Waals surface area contributed by atoms with Gasteiger partial charge in [0.1, 0.15) is 11.6 Å². The van der Waals surface area contributed by atoms with Crippen molar-refractivity contribution in [3.63, 3.8) is 0 Å². The van der Waals surface area contributed by atoms with Crippen LogP contribution < -0.4 is 4.90 Å². The highest BCUT2D eigenvalue weighted by atomic mass is 16.3. The Balaban J connectivity index is 2.03. The Morgan fingerprint density at radius 2 is 2.05 bits per heavy atom. The van der Waals surface area contributed by atoms with E-state index < -0.39 is 0 Å². The van der Waals surface area contributed by atoms with E-state index in [-0.39, 0.29) is 6.61 Å². The molecule has 108 valence electrons. The highest BCUT2D eigenvalue weighted by Crippen LogP contribution is 2.25. The maximum Gasteiger partial charge on any atom is 0.135 e. The molecule has 0 aliphatic heterocycles. The van der Waals surface area contributed by atoms with E-state index >= 15 is 0 Å². The molecule has 0 aliphatic carbocycles. The molecule has 2 aromatic heterocycles. The van der Waals surface area contributed by atoms with Gasteiger partial charge >= 0.3 is 0 Å². The van der Waals surface area contributed by atoms with Gasteiger partial charge in [0.15, 0.2) is 0 Å². The van der Waals surface area contributed by atoms with Gasteiger partial charge in [-0.05, 0) is 31.2 Å². The number of aromatic nitrogens is 1. The van der Waals surface area contributed by atoms with E-state index in [1.165, 1.54) is 0 Å². The van der Waals surface area contributed by atoms with Gasteiger partial charge in [-0.25, -0.2) is 4.98 Å². The van der Waals surface area contributed by atoms with Crippen molar-refractivity contribution >= 4 is 16.7 Å². The van der Waals surface area contributed by atoms with Crippen molar-refractivity contribution in [2.45, 2.75) is 20.1 Å². The van der Waals surface area contributed by atoms with E-state index in [4.69, 9.17) is 9.40 Å². The van der Waals surface area contributed by atoms with Crippen LogP contribution >= 0.6 is 0 Å². The maximum absolute atomic E-state index is 9.66. The second-order valence-corrected chi connectivity index (χ2v) is 4.92. The van der Waals surface area contributed by atoms with Crippen molar-refractivity contribution in [2.24, 2.45) is 0 Å². The minimum Gasteiger partial charge on any atom is -0.467 e. The Hall–Kier alpha value is -2.33. The molecule has 21 heavy (non-hydrogen) atoms. The Morgan fingerprint density at radius 1 is 1.19 bits per heavy atom. The van der Waals surface area contributed by atoms with Crippen LogP contribution in [0, 0.1) is 0 Å². The number of pyridine rings is 1. The monoisotopic (exact) mass is 282 g/mol. The third kappa shape index (κ3) is 2.76. The maximum atomic E-state index is 9.66. The molecule has 0 aliphatic rings. The Kier molecular flexibility index (Phi) is 3.88. The van der Waals surface area contributed by atoms with Crippen LogP contribution in [0.1, 0.15) is 18.2 Å². The standard InChI is InChI=1S/C17H18N2O2/c1-2-19(11-15-7-5-9-21-15)17-14(12-20)10-13-6-3-4-8-16(13)18-17/h3-10,20H,2,11-12H2,1H3. The Labute approximate surface area is 123 Å². The fourth-order valence-corrected chi connectivity index (χ4v) is 2.47. The largest absolute Gasteiger partial charge is 0.467 e. The van der Waals surface area contributed by atoms with Crippen LogP contribution in [-0.4, -0.2) is 16.6 Å². The summed E-state index contributed by atoms with van der Waals surface area (Å²) in [6.07, 6.45) is 1.67. The molecular weight excluding hydrogens is 264 g/mol. The molecule has 0 saturated heterocycles. The second-order valence-electron chi connectivity index (χ2n) is 4.92. The number of benzene rings is 1. The summed E-state index contributed by atoms with van der Waals surface area (Å²) in [5.41, 5.74) is 1.77. The zero-order chi connectivity index (χ0) is 14.7. The Morgan fingerprint density at radius 3 is 2.76 bits per heavy atom. The predicted molar refractivity (Wildman–Crippen MR) is 83.1 cm³/mol. The van der Waals surface area contributed by atoms with Gasteiger partial charge in [0.25, 0.3) is 0 Å². The molecule has 0 amide bonds. The third-order valence-corrected chi connectivity index (χ3v) is 3.56. The third-order valence-electron chi connectivity index (χ3n) is 3.56. The van der Waals surface area contributed by atoms with Crippen LogP contribution in [0.15, 0.2) is 53.1 Å². The molecule has 0 unspecified atom stereocenters. The van der Waals surface area contributed by atoms with E-state index in [9.17, 15) is 5.11 Å².